The highest BCUT2D eigenvalue weighted by Crippen LogP contribution is 2.28. The standard InChI is InChI=1S/C12H16F3N3O2.HI/c1-19-8-3-4-10(20-2)9(7-8)18-11(16)17-6-5-12(13,14)15;/h3-4,7H,5-6H2,1-2H3,(H3,16,17,18);1H. The van der Waals surface area contributed by atoms with Gasteiger partial charge in [-0.05, 0) is 12.1 Å². The Bertz CT molecular complexity index is 481. The van der Waals surface area contributed by atoms with Crippen LogP contribution in [0.1, 0.15) is 6.42 Å². The molecule has 0 spiro atoms. The van der Waals surface area contributed by atoms with E-state index in [1.807, 2.05) is 0 Å². The van der Waals surface area contributed by atoms with Crippen molar-refractivity contribution in [1.29, 1.82) is 0 Å². The molecular formula is C12H17F3IN3O2. The largest absolute Gasteiger partial charge is 0.497 e. The third-order valence-electron chi connectivity index (χ3n) is 2.35. The zero-order valence-electron chi connectivity index (χ0n) is 11.5. The minimum atomic E-state index is -4.25. The molecule has 0 radical (unpaired) electrons. The first-order valence-corrected chi connectivity index (χ1v) is 5.71. The molecule has 3 N–H and O–H groups in total. The van der Waals surface area contributed by atoms with Crippen molar-refractivity contribution in [3.63, 3.8) is 0 Å². The first-order chi connectivity index (χ1) is 9.35. The van der Waals surface area contributed by atoms with E-state index in [-0.39, 0.29) is 29.9 Å². The highest BCUT2D eigenvalue weighted by atomic mass is 127. The Hall–Kier alpha value is -1.39. The van der Waals surface area contributed by atoms with Gasteiger partial charge in [-0.1, -0.05) is 0 Å². The van der Waals surface area contributed by atoms with E-state index in [9.17, 15) is 13.2 Å². The minimum Gasteiger partial charge on any atom is -0.497 e. The van der Waals surface area contributed by atoms with Gasteiger partial charge in [0.15, 0.2) is 5.96 Å². The molecule has 0 aromatic heterocycles. The number of methoxy groups -OCH3 is 2. The van der Waals surface area contributed by atoms with Crippen LogP contribution in [-0.4, -0.2) is 32.9 Å². The molecule has 0 atom stereocenters. The second-order valence-corrected chi connectivity index (χ2v) is 3.82. The van der Waals surface area contributed by atoms with Crippen molar-refractivity contribution < 1.29 is 22.6 Å². The average molecular weight is 419 g/mol. The number of halogens is 4. The highest BCUT2D eigenvalue weighted by Gasteiger charge is 2.26. The van der Waals surface area contributed by atoms with E-state index >= 15 is 0 Å². The van der Waals surface area contributed by atoms with Crippen molar-refractivity contribution in [2.24, 2.45) is 10.7 Å². The fourth-order valence-electron chi connectivity index (χ4n) is 1.39. The number of hydrogen-bond acceptors (Lipinski definition) is 3. The van der Waals surface area contributed by atoms with Crippen LogP contribution in [0, 0.1) is 0 Å². The Balaban J connectivity index is 0.00000400. The molecule has 0 fully saturated rings. The molecule has 1 aromatic rings. The molecule has 0 amide bonds. The van der Waals surface area contributed by atoms with Gasteiger partial charge in [-0.3, -0.25) is 4.99 Å². The summed E-state index contributed by atoms with van der Waals surface area (Å²) in [6, 6.07) is 4.93. The number of nitrogens with one attached hydrogen (secondary N) is 1. The van der Waals surface area contributed by atoms with Gasteiger partial charge in [0.1, 0.15) is 11.5 Å². The molecule has 0 aliphatic rings. The van der Waals surface area contributed by atoms with E-state index < -0.39 is 19.1 Å². The molecule has 1 aromatic carbocycles. The van der Waals surface area contributed by atoms with Crippen LogP contribution in [0.2, 0.25) is 0 Å². The number of nitrogens with zero attached hydrogens (tertiary/aromatic N) is 1. The highest BCUT2D eigenvalue weighted by molar-refractivity contribution is 14.0. The van der Waals surface area contributed by atoms with Gasteiger partial charge in [-0.2, -0.15) is 13.2 Å². The van der Waals surface area contributed by atoms with Crippen LogP contribution in [0.25, 0.3) is 0 Å². The van der Waals surface area contributed by atoms with Gasteiger partial charge in [-0.25, -0.2) is 0 Å². The summed E-state index contributed by atoms with van der Waals surface area (Å²) in [4.78, 5) is 3.60. The number of aliphatic imine (C=N–C) groups is 1. The SMILES string of the molecule is COc1ccc(OC)c(NC(N)=NCCC(F)(F)F)c1.I. The maximum Gasteiger partial charge on any atom is 0.390 e. The number of alkyl halides is 3. The molecule has 0 unspecified atom stereocenters. The maximum atomic E-state index is 12.0. The Labute approximate surface area is 137 Å². The maximum absolute atomic E-state index is 12.0. The lowest BCUT2D eigenvalue weighted by molar-refractivity contribution is -0.132. The number of hydrogen-bond donors (Lipinski definition) is 2. The Kier molecular flexibility index (Phi) is 8.22. The summed E-state index contributed by atoms with van der Waals surface area (Å²) in [6.45, 7) is -0.436. The van der Waals surface area contributed by atoms with E-state index in [0.29, 0.717) is 17.2 Å². The minimum absolute atomic E-state index is 0. The normalized spacial score (nSPS) is 11.6. The van der Waals surface area contributed by atoms with Crippen LogP contribution in [0.4, 0.5) is 18.9 Å². The average Bonchev–Trinajstić information content (AvgIpc) is 2.37. The van der Waals surface area contributed by atoms with Crippen molar-refractivity contribution in [1.82, 2.24) is 0 Å². The van der Waals surface area contributed by atoms with Crippen LogP contribution in [0.3, 0.4) is 0 Å². The summed E-state index contributed by atoms with van der Waals surface area (Å²) in [6.07, 6.45) is -5.28. The van der Waals surface area contributed by atoms with Gasteiger partial charge in [-0.15, -0.1) is 24.0 Å². The zero-order chi connectivity index (χ0) is 15.2. The van der Waals surface area contributed by atoms with E-state index in [2.05, 4.69) is 10.3 Å². The molecule has 21 heavy (non-hydrogen) atoms. The van der Waals surface area contributed by atoms with Crippen LogP contribution in [-0.2, 0) is 0 Å². The quantitative estimate of drug-likeness (QED) is 0.438. The van der Waals surface area contributed by atoms with Crippen LogP contribution >= 0.6 is 24.0 Å². The predicted octanol–water partition coefficient (Wildman–Crippen LogP) is 3.00. The topological polar surface area (TPSA) is 68.9 Å². The summed E-state index contributed by atoms with van der Waals surface area (Å²) in [5.41, 5.74) is 5.98. The van der Waals surface area contributed by atoms with Crippen LogP contribution in [0.5, 0.6) is 11.5 Å². The third kappa shape index (κ3) is 7.25. The van der Waals surface area contributed by atoms with Crippen molar-refractivity contribution in [3.05, 3.63) is 18.2 Å². The summed E-state index contributed by atoms with van der Waals surface area (Å²) < 4.78 is 46.1. The molecule has 9 heteroatoms. The second-order valence-electron chi connectivity index (χ2n) is 3.82. The predicted molar refractivity (Wildman–Crippen MR) is 85.7 cm³/mol. The Morgan fingerprint density at radius 2 is 1.95 bits per heavy atom. The summed E-state index contributed by atoms with van der Waals surface area (Å²) in [5, 5.41) is 2.68. The molecule has 0 bridgehead atoms. The second kappa shape index (κ2) is 8.80. The fourth-order valence-corrected chi connectivity index (χ4v) is 1.39. The first-order valence-electron chi connectivity index (χ1n) is 5.71. The lowest BCUT2D eigenvalue weighted by atomic mass is 10.2. The van der Waals surface area contributed by atoms with Crippen molar-refractivity contribution in [2.45, 2.75) is 12.6 Å². The monoisotopic (exact) mass is 419 g/mol. The van der Waals surface area contributed by atoms with E-state index in [1.54, 1.807) is 18.2 Å². The Morgan fingerprint density at radius 3 is 2.48 bits per heavy atom. The molecule has 120 valence electrons. The third-order valence-corrected chi connectivity index (χ3v) is 2.35. The van der Waals surface area contributed by atoms with Gasteiger partial charge in [0.2, 0.25) is 0 Å². The summed E-state index contributed by atoms with van der Waals surface area (Å²) >= 11 is 0. The number of guanidine groups is 1. The lowest BCUT2D eigenvalue weighted by Gasteiger charge is -2.12. The summed E-state index contributed by atoms with van der Waals surface area (Å²) in [7, 11) is 2.95. The van der Waals surface area contributed by atoms with E-state index in [4.69, 9.17) is 15.2 Å². The van der Waals surface area contributed by atoms with E-state index in [0.717, 1.165) is 0 Å². The molecule has 0 aliphatic heterocycles. The fraction of sp³-hybridized carbons (Fsp3) is 0.417. The molecule has 0 aliphatic carbocycles. The first kappa shape index (κ1) is 19.6. The van der Waals surface area contributed by atoms with Crippen molar-refractivity contribution in [3.8, 4) is 11.5 Å². The zero-order valence-corrected chi connectivity index (χ0v) is 13.9. The molecular weight excluding hydrogens is 402 g/mol. The van der Waals surface area contributed by atoms with Gasteiger partial charge in [0.05, 0.1) is 32.9 Å². The smallest absolute Gasteiger partial charge is 0.390 e. The van der Waals surface area contributed by atoms with Gasteiger partial charge >= 0.3 is 6.18 Å². The lowest BCUT2D eigenvalue weighted by Crippen LogP contribution is -2.24. The molecule has 0 heterocycles. The van der Waals surface area contributed by atoms with Gasteiger partial charge < -0.3 is 20.5 Å². The number of benzene rings is 1. The Morgan fingerprint density at radius 1 is 1.29 bits per heavy atom. The van der Waals surface area contributed by atoms with Crippen LogP contribution < -0.4 is 20.5 Å². The number of anilines is 1. The number of ether oxygens (including phenoxy) is 2. The molecule has 0 saturated carbocycles. The molecule has 5 nitrogen and oxygen atoms in total. The number of rotatable bonds is 5. The summed E-state index contributed by atoms with van der Waals surface area (Å²) in [5.74, 6) is 0.900. The van der Waals surface area contributed by atoms with Gasteiger partial charge in [0, 0.05) is 6.07 Å². The van der Waals surface area contributed by atoms with Crippen molar-refractivity contribution >= 4 is 35.6 Å². The van der Waals surface area contributed by atoms with E-state index in [1.165, 1.54) is 14.2 Å². The number of nitrogens with two attached hydrogens (primary N) is 1. The molecule has 0 saturated heterocycles. The molecule has 1 rings (SSSR count). The van der Waals surface area contributed by atoms with Crippen molar-refractivity contribution in [2.75, 3.05) is 26.1 Å². The van der Waals surface area contributed by atoms with Gasteiger partial charge in [0.25, 0.3) is 0 Å². The van der Waals surface area contributed by atoms with Crippen LogP contribution in [0.15, 0.2) is 23.2 Å².